The van der Waals surface area contributed by atoms with Crippen molar-refractivity contribution in [3.8, 4) is 0 Å². The maximum absolute atomic E-state index is 13.0. The molecule has 6 rings (SSSR count). The molecular formula is C40H58O6S. The lowest BCUT2D eigenvalue weighted by Gasteiger charge is -2.73. The van der Waals surface area contributed by atoms with Crippen LogP contribution in [0, 0.1) is 56.7 Å². The summed E-state index contributed by atoms with van der Waals surface area (Å²) in [7, 11) is 0. The summed E-state index contributed by atoms with van der Waals surface area (Å²) in [5, 5.41) is 19.4. The zero-order chi connectivity index (χ0) is 34.5. The van der Waals surface area contributed by atoms with Crippen LogP contribution in [0.25, 0.3) is 0 Å². The van der Waals surface area contributed by atoms with Gasteiger partial charge in [0.15, 0.2) is 0 Å². The lowest BCUT2D eigenvalue weighted by Crippen LogP contribution is -2.67. The van der Waals surface area contributed by atoms with Gasteiger partial charge in [-0.2, -0.15) is 0 Å². The summed E-state index contributed by atoms with van der Waals surface area (Å²) in [6, 6.07) is 3.97. The highest BCUT2D eigenvalue weighted by Gasteiger charge is 2.71. The second kappa shape index (κ2) is 11.2. The molecule has 5 fully saturated rings. The highest BCUT2D eigenvalue weighted by Crippen LogP contribution is 2.78. The molecule has 0 aromatic carbocycles. The van der Waals surface area contributed by atoms with Gasteiger partial charge in [-0.15, -0.1) is 11.3 Å². The van der Waals surface area contributed by atoms with Crippen LogP contribution in [0.3, 0.4) is 0 Å². The molecule has 0 spiro atoms. The standard InChI is InChI=1S/C40H58O6S/c1-23(2)24-14-19-40(30-13-11-26(47-30)33(42)43)21-20-38(8)25(32(24)40)10-12-28-37(7)17-16-29(46-31(41)22-35(3,4)34(44)45)36(5,6)27(37)15-18-39(28,38)9/h11,13,24-25,27-29,32H,1,10,12,14-22H2,2-9H3,(H,42,43)(H,44,45)/t24-,25?,27?,28?,29-,32?,37-,38+,39+,40?/m0/s1. The smallest absolute Gasteiger partial charge is 0.345 e. The Morgan fingerprint density at radius 1 is 0.894 bits per heavy atom. The van der Waals surface area contributed by atoms with E-state index in [0.717, 1.165) is 38.5 Å². The molecule has 6 nitrogen and oxygen atoms in total. The first-order valence-electron chi connectivity index (χ1n) is 18.2. The van der Waals surface area contributed by atoms with Gasteiger partial charge in [-0.25, -0.2) is 4.79 Å². The van der Waals surface area contributed by atoms with Crippen LogP contribution in [0.5, 0.6) is 0 Å². The number of aliphatic carboxylic acids is 1. The van der Waals surface area contributed by atoms with Gasteiger partial charge in [-0.1, -0.05) is 46.8 Å². The van der Waals surface area contributed by atoms with Crippen LogP contribution in [0.4, 0.5) is 0 Å². The number of carbonyl (C=O) groups excluding carboxylic acids is 1. The van der Waals surface area contributed by atoms with Gasteiger partial charge in [-0.05, 0) is 143 Å². The Hall–Kier alpha value is -2.15. The van der Waals surface area contributed by atoms with Crippen LogP contribution in [0.2, 0.25) is 0 Å². The number of carbonyl (C=O) groups is 3. The molecule has 7 heteroatoms. The molecule has 0 radical (unpaired) electrons. The summed E-state index contributed by atoms with van der Waals surface area (Å²) in [5.41, 5.74) is 0.481. The zero-order valence-electron chi connectivity index (χ0n) is 30.0. The minimum absolute atomic E-state index is 0.0373. The fourth-order valence-corrected chi connectivity index (χ4v) is 14.3. The lowest BCUT2D eigenvalue weighted by atomic mass is 9.32. The first kappa shape index (κ1) is 34.7. The predicted molar refractivity (Wildman–Crippen MR) is 185 cm³/mol. The number of aromatic carboxylic acids is 1. The number of fused-ring (bicyclic) bond motifs is 7. The topological polar surface area (TPSA) is 101 Å². The molecule has 0 aliphatic heterocycles. The molecule has 1 aromatic heterocycles. The lowest BCUT2D eigenvalue weighted by molar-refractivity contribution is -0.246. The van der Waals surface area contributed by atoms with E-state index < -0.39 is 23.3 Å². The summed E-state index contributed by atoms with van der Waals surface area (Å²) in [6.07, 6.45) is 10.8. The van der Waals surface area contributed by atoms with Gasteiger partial charge in [0, 0.05) is 15.7 Å². The van der Waals surface area contributed by atoms with E-state index >= 15 is 0 Å². The SMILES string of the molecule is C=C(C)[C@@H]1CCC2(c3ccc(C(=O)O)s3)CC[C@]3(C)C(CCC4[C@@]5(C)CC[C@H](OC(=O)CC(C)(C)C(=O)O)C(C)(C)C5CC[C@]43C)C12. The van der Waals surface area contributed by atoms with Crippen molar-refractivity contribution in [2.24, 2.45) is 56.7 Å². The second-order valence-corrected chi connectivity index (χ2v) is 19.6. The summed E-state index contributed by atoms with van der Waals surface area (Å²) in [5.74, 6) is 0.330. The van der Waals surface area contributed by atoms with Gasteiger partial charge < -0.3 is 14.9 Å². The molecule has 2 N–H and O–H groups in total. The van der Waals surface area contributed by atoms with Gasteiger partial charge in [0.2, 0.25) is 0 Å². The third kappa shape index (κ3) is 4.93. The van der Waals surface area contributed by atoms with Gasteiger partial charge in [0.05, 0.1) is 11.8 Å². The van der Waals surface area contributed by atoms with Crippen molar-refractivity contribution < 1.29 is 29.3 Å². The molecule has 5 aliphatic rings. The maximum Gasteiger partial charge on any atom is 0.345 e. The van der Waals surface area contributed by atoms with Crippen molar-refractivity contribution in [2.75, 3.05) is 0 Å². The number of esters is 1. The van der Waals surface area contributed by atoms with Crippen LogP contribution in [-0.4, -0.2) is 34.2 Å². The van der Waals surface area contributed by atoms with Gasteiger partial charge >= 0.3 is 17.9 Å². The van der Waals surface area contributed by atoms with Crippen molar-refractivity contribution >= 4 is 29.2 Å². The molecule has 0 saturated heterocycles. The van der Waals surface area contributed by atoms with Gasteiger partial charge in [0.1, 0.15) is 11.0 Å². The van der Waals surface area contributed by atoms with Gasteiger partial charge in [0.25, 0.3) is 0 Å². The fourth-order valence-electron chi connectivity index (χ4n) is 13.1. The quantitative estimate of drug-likeness (QED) is 0.222. The number of hydrogen-bond donors (Lipinski definition) is 2. The van der Waals surface area contributed by atoms with E-state index in [4.69, 9.17) is 4.74 Å². The molecule has 10 atom stereocenters. The highest BCUT2D eigenvalue weighted by atomic mass is 32.1. The summed E-state index contributed by atoms with van der Waals surface area (Å²) < 4.78 is 6.16. The second-order valence-electron chi connectivity index (χ2n) is 18.5. The average Bonchev–Trinajstić information content (AvgIpc) is 3.61. The van der Waals surface area contributed by atoms with Crippen molar-refractivity contribution in [3.05, 3.63) is 34.0 Å². The van der Waals surface area contributed by atoms with E-state index in [2.05, 4.69) is 54.2 Å². The fraction of sp³-hybridized carbons (Fsp3) is 0.775. The Bertz CT molecular complexity index is 1470. The van der Waals surface area contributed by atoms with Crippen molar-refractivity contribution in [2.45, 2.75) is 138 Å². The monoisotopic (exact) mass is 666 g/mol. The predicted octanol–water partition coefficient (Wildman–Crippen LogP) is 9.77. The van der Waals surface area contributed by atoms with Crippen LogP contribution in [0.1, 0.15) is 141 Å². The van der Waals surface area contributed by atoms with Crippen LogP contribution in [-0.2, 0) is 19.7 Å². The molecular weight excluding hydrogens is 609 g/mol. The summed E-state index contributed by atoms with van der Waals surface area (Å²) >= 11 is 1.52. The summed E-state index contributed by atoms with van der Waals surface area (Å²) in [6.45, 7) is 22.3. The van der Waals surface area contributed by atoms with Crippen molar-refractivity contribution in [3.63, 3.8) is 0 Å². The largest absolute Gasteiger partial charge is 0.481 e. The Morgan fingerprint density at radius 2 is 1.60 bits per heavy atom. The first-order chi connectivity index (χ1) is 21.7. The number of carboxylic acids is 2. The Balaban J connectivity index is 1.29. The van der Waals surface area contributed by atoms with Crippen molar-refractivity contribution in [1.82, 2.24) is 0 Å². The van der Waals surface area contributed by atoms with Crippen LogP contribution >= 0.6 is 11.3 Å². The van der Waals surface area contributed by atoms with E-state index in [1.54, 1.807) is 13.8 Å². The Kier molecular flexibility index (Phi) is 8.26. The number of thiophene rings is 1. The molecule has 1 aromatic rings. The molecule has 1 heterocycles. The van der Waals surface area contributed by atoms with E-state index in [9.17, 15) is 24.6 Å². The van der Waals surface area contributed by atoms with E-state index in [0.29, 0.717) is 34.5 Å². The molecule has 0 bridgehead atoms. The van der Waals surface area contributed by atoms with E-state index in [1.165, 1.54) is 47.5 Å². The van der Waals surface area contributed by atoms with E-state index in [1.807, 2.05) is 6.07 Å². The molecule has 5 unspecified atom stereocenters. The molecule has 260 valence electrons. The average molecular weight is 667 g/mol. The summed E-state index contributed by atoms with van der Waals surface area (Å²) in [4.78, 5) is 38.4. The zero-order valence-corrected chi connectivity index (χ0v) is 30.9. The first-order valence-corrected chi connectivity index (χ1v) is 19.0. The molecule has 47 heavy (non-hydrogen) atoms. The van der Waals surface area contributed by atoms with Crippen LogP contribution < -0.4 is 0 Å². The Labute approximate surface area is 286 Å². The third-order valence-electron chi connectivity index (χ3n) is 15.8. The normalized spacial score (nSPS) is 42.3. The molecule has 0 amide bonds. The number of allylic oxidation sites excluding steroid dienone is 1. The Morgan fingerprint density at radius 3 is 2.21 bits per heavy atom. The number of hydrogen-bond acceptors (Lipinski definition) is 5. The number of rotatable bonds is 7. The van der Waals surface area contributed by atoms with Crippen LogP contribution in [0.15, 0.2) is 24.3 Å². The highest BCUT2D eigenvalue weighted by molar-refractivity contribution is 7.14. The minimum Gasteiger partial charge on any atom is -0.481 e. The van der Waals surface area contributed by atoms with Crippen molar-refractivity contribution in [1.29, 1.82) is 0 Å². The molecule has 5 aliphatic carbocycles. The number of ether oxygens (including phenoxy) is 1. The maximum atomic E-state index is 13.0. The molecule has 5 saturated carbocycles. The van der Waals surface area contributed by atoms with Gasteiger partial charge in [-0.3, -0.25) is 9.59 Å². The minimum atomic E-state index is -1.15. The van der Waals surface area contributed by atoms with E-state index in [-0.39, 0.29) is 39.6 Å². The third-order valence-corrected chi connectivity index (χ3v) is 17.0. The number of carboxylic acid groups (broad SMARTS) is 2.